The van der Waals surface area contributed by atoms with Gasteiger partial charge in [-0.3, -0.25) is 4.79 Å². The van der Waals surface area contributed by atoms with Gasteiger partial charge in [0.05, 0.1) is 17.3 Å². The molecule has 0 saturated carbocycles. The van der Waals surface area contributed by atoms with Crippen molar-refractivity contribution in [2.24, 2.45) is 5.73 Å². The van der Waals surface area contributed by atoms with Crippen LogP contribution in [0.5, 0.6) is 0 Å². The number of nitrogens with two attached hydrogens (primary N) is 1. The van der Waals surface area contributed by atoms with Gasteiger partial charge in [0.2, 0.25) is 5.91 Å². The first kappa shape index (κ1) is 14.0. The zero-order chi connectivity index (χ0) is 14.7. The van der Waals surface area contributed by atoms with E-state index < -0.39 is 12.0 Å². The molecule has 0 aliphatic carbocycles. The van der Waals surface area contributed by atoms with E-state index in [1.165, 1.54) is 0 Å². The van der Waals surface area contributed by atoms with E-state index in [9.17, 15) is 14.7 Å². The number of fused-ring (bicyclic) bond motifs is 1. The van der Waals surface area contributed by atoms with Crippen LogP contribution in [-0.4, -0.2) is 23.0 Å². The van der Waals surface area contributed by atoms with E-state index in [2.05, 4.69) is 5.32 Å². The van der Waals surface area contributed by atoms with E-state index in [1.807, 2.05) is 24.3 Å². The molecular formula is C15H16N2O3. The van der Waals surface area contributed by atoms with Crippen LogP contribution in [-0.2, 0) is 4.79 Å². The highest BCUT2D eigenvalue weighted by Crippen LogP contribution is 2.24. The van der Waals surface area contributed by atoms with Gasteiger partial charge in [0.25, 0.3) is 0 Å². The summed E-state index contributed by atoms with van der Waals surface area (Å²) in [5.41, 5.74) is 5.97. The zero-order valence-electron chi connectivity index (χ0n) is 11.1. The van der Waals surface area contributed by atoms with Crippen LogP contribution in [0.15, 0.2) is 36.4 Å². The average molecular weight is 272 g/mol. The molecule has 0 heterocycles. The largest absolute Gasteiger partial charge is 0.478 e. The summed E-state index contributed by atoms with van der Waals surface area (Å²) < 4.78 is 0. The summed E-state index contributed by atoms with van der Waals surface area (Å²) in [4.78, 5) is 23.1. The molecule has 0 radical (unpaired) electrons. The molecule has 0 fully saturated rings. The van der Waals surface area contributed by atoms with Gasteiger partial charge < -0.3 is 16.2 Å². The van der Waals surface area contributed by atoms with Crippen molar-refractivity contribution in [1.82, 2.24) is 0 Å². The van der Waals surface area contributed by atoms with Crippen molar-refractivity contribution in [3.8, 4) is 0 Å². The Hall–Kier alpha value is -2.40. The molecule has 0 aliphatic heterocycles. The highest BCUT2D eigenvalue weighted by molar-refractivity contribution is 6.06. The number of aromatic carboxylic acids is 1. The standard InChI is InChI=1S/C15H16N2O3/c1-2-12(16)14(18)17-13-8-10-6-4-3-5-9(10)7-11(13)15(19)20/h3-8,12H,2,16H2,1H3,(H,17,18)(H,19,20)/t12-/m0/s1. The zero-order valence-corrected chi connectivity index (χ0v) is 11.1. The van der Waals surface area contributed by atoms with Gasteiger partial charge in [-0.1, -0.05) is 31.2 Å². The normalized spacial score (nSPS) is 12.1. The number of carboxylic acids is 1. The van der Waals surface area contributed by atoms with E-state index in [0.717, 1.165) is 10.8 Å². The van der Waals surface area contributed by atoms with E-state index in [1.54, 1.807) is 19.1 Å². The van der Waals surface area contributed by atoms with Crippen molar-refractivity contribution in [2.45, 2.75) is 19.4 Å². The van der Waals surface area contributed by atoms with Crippen LogP contribution in [0.3, 0.4) is 0 Å². The maximum Gasteiger partial charge on any atom is 0.337 e. The minimum Gasteiger partial charge on any atom is -0.478 e. The summed E-state index contributed by atoms with van der Waals surface area (Å²) in [6.07, 6.45) is 0.488. The second-order valence-electron chi connectivity index (χ2n) is 4.55. The van der Waals surface area contributed by atoms with Gasteiger partial charge >= 0.3 is 5.97 Å². The van der Waals surface area contributed by atoms with Gasteiger partial charge in [-0.2, -0.15) is 0 Å². The van der Waals surface area contributed by atoms with Crippen molar-refractivity contribution in [3.05, 3.63) is 42.0 Å². The fourth-order valence-corrected chi connectivity index (χ4v) is 1.93. The van der Waals surface area contributed by atoms with E-state index in [-0.39, 0.29) is 17.2 Å². The molecule has 0 aliphatic rings. The van der Waals surface area contributed by atoms with Crippen molar-refractivity contribution >= 4 is 28.3 Å². The minimum atomic E-state index is -1.09. The van der Waals surface area contributed by atoms with Gasteiger partial charge in [0.15, 0.2) is 0 Å². The SMILES string of the molecule is CC[C@H](N)C(=O)Nc1cc2ccccc2cc1C(=O)O. The smallest absolute Gasteiger partial charge is 0.337 e. The second-order valence-corrected chi connectivity index (χ2v) is 4.55. The topological polar surface area (TPSA) is 92.4 Å². The summed E-state index contributed by atoms with van der Waals surface area (Å²) in [7, 11) is 0. The molecule has 0 aromatic heterocycles. The lowest BCUT2D eigenvalue weighted by Crippen LogP contribution is -2.35. The Bertz CT molecular complexity index is 667. The van der Waals surface area contributed by atoms with Crippen molar-refractivity contribution in [1.29, 1.82) is 0 Å². The molecule has 20 heavy (non-hydrogen) atoms. The maximum absolute atomic E-state index is 11.8. The number of hydrogen-bond acceptors (Lipinski definition) is 3. The number of anilines is 1. The molecule has 0 bridgehead atoms. The van der Waals surface area contributed by atoms with E-state index >= 15 is 0 Å². The maximum atomic E-state index is 11.8. The number of amides is 1. The first-order valence-electron chi connectivity index (χ1n) is 6.35. The molecular weight excluding hydrogens is 256 g/mol. The molecule has 0 spiro atoms. The summed E-state index contributed by atoms with van der Waals surface area (Å²) in [6, 6.07) is 9.92. The molecule has 4 N–H and O–H groups in total. The molecule has 2 aromatic rings. The Balaban J connectivity index is 2.47. The summed E-state index contributed by atoms with van der Waals surface area (Å²) in [6.45, 7) is 1.79. The number of rotatable bonds is 4. The fourth-order valence-electron chi connectivity index (χ4n) is 1.93. The van der Waals surface area contributed by atoms with Crippen LogP contribution in [0, 0.1) is 0 Å². The van der Waals surface area contributed by atoms with Crippen molar-refractivity contribution < 1.29 is 14.7 Å². The number of carbonyl (C=O) groups excluding carboxylic acids is 1. The summed E-state index contributed by atoms with van der Waals surface area (Å²) in [5, 5.41) is 13.5. The lowest BCUT2D eigenvalue weighted by atomic mass is 10.0. The summed E-state index contributed by atoms with van der Waals surface area (Å²) >= 11 is 0. The highest BCUT2D eigenvalue weighted by atomic mass is 16.4. The number of nitrogens with one attached hydrogen (secondary N) is 1. The Kier molecular flexibility index (Phi) is 4.00. The number of carboxylic acid groups (broad SMARTS) is 1. The first-order chi connectivity index (χ1) is 9.52. The van der Waals surface area contributed by atoms with Gasteiger partial charge in [-0.25, -0.2) is 4.79 Å². The van der Waals surface area contributed by atoms with Gasteiger partial charge in [-0.15, -0.1) is 0 Å². The first-order valence-corrected chi connectivity index (χ1v) is 6.35. The van der Waals surface area contributed by atoms with E-state index in [4.69, 9.17) is 5.73 Å². The van der Waals surface area contributed by atoms with Crippen LogP contribution in [0.25, 0.3) is 10.8 Å². The van der Waals surface area contributed by atoms with Crippen LogP contribution >= 0.6 is 0 Å². The fraction of sp³-hybridized carbons (Fsp3) is 0.200. The second kappa shape index (κ2) is 5.71. The van der Waals surface area contributed by atoms with Gasteiger partial charge in [0, 0.05) is 0 Å². The van der Waals surface area contributed by atoms with Crippen LogP contribution in [0.4, 0.5) is 5.69 Å². The predicted molar refractivity (Wildman–Crippen MR) is 77.8 cm³/mol. The average Bonchev–Trinajstić information content (AvgIpc) is 2.45. The van der Waals surface area contributed by atoms with Crippen LogP contribution in [0.1, 0.15) is 23.7 Å². The lowest BCUT2D eigenvalue weighted by Gasteiger charge is -2.13. The van der Waals surface area contributed by atoms with Gasteiger partial charge in [0.1, 0.15) is 0 Å². The Morgan fingerprint density at radius 1 is 1.25 bits per heavy atom. The molecule has 2 aromatic carbocycles. The third-order valence-corrected chi connectivity index (χ3v) is 3.15. The van der Waals surface area contributed by atoms with E-state index in [0.29, 0.717) is 6.42 Å². The molecule has 104 valence electrons. The molecule has 1 amide bonds. The van der Waals surface area contributed by atoms with Gasteiger partial charge in [-0.05, 0) is 29.3 Å². The monoisotopic (exact) mass is 272 g/mol. The molecule has 5 heteroatoms. The van der Waals surface area contributed by atoms with Crippen LogP contribution < -0.4 is 11.1 Å². The van der Waals surface area contributed by atoms with Crippen LogP contribution in [0.2, 0.25) is 0 Å². The Labute approximate surface area is 116 Å². The Morgan fingerprint density at radius 3 is 2.40 bits per heavy atom. The highest BCUT2D eigenvalue weighted by Gasteiger charge is 2.16. The van der Waals surface area contributed by atoms with Crippen molar-refractivity contribution in [2.75, 3.05) is 5.32 Å². The number of benzene rings is 2. The third-order valence-electron chi connectivity index (χ3n) is 3.15. The quantitative estimate of drug-likeness (QED) is 0.795. The predicted octanol–water partition coefficient (Wildman–Crippen LogP) is 2.21. The van der Waals surface area contributed by atoms with Crippen molar-refractivity contribution in [3.63, 3.8) is 0 Å². The molecule has 5 nitrogen and oxygen atoms in total. The molecule has 0 unspecified atom stereocenters. The third kappa shape index (κ3) is 2.78. The lowest BCUT2D eigenvalue weighted by molar-refractivity contribution is -0.117. The molecule has 1 atom stereocenters. The molecule has 2 rings (SSSR count). The molecule has 0 saturated heterocycles. The minimum absolute atomic E-state index is 0.0559. The Morgan fingerprint density at radius 2 is 1.85 bits per heavy atom. The number of hydrogen-bond donors (Lipinski definition) is 3. The number of carbonyl (C=O) groups is 2. The summed E-state index contributed by atoms with van der Waals surface area (Å²) in [5.74, 6) is -1.47.